The number of hydrogen-bond donors (Lipinski definition) is 0. The van der Waals surface area contributed by atoms with Gasteiger partial charge in [-0.1, -0.05) is 67.9 Å². The lowest BCUT2D eigenvalue weighted by Gasteiger charge is -2.00. The van der Waals surface area contributed by atoms with Crippen LogP contribution in [0.15, 0.2) is 30.3 Å². The standard InChI is InChI=1S/C11H11BrO2.2C2H6/c1-14-11(13)7-6-9-4-2-3-5-10(9)8-12;2*1-2/h2-7H,8H2,1H3;2*1-2H3/b7-6+;;. The van der Waals surface area contributed by atoms with Gasteiger partial charge in [-0.2, -0.15) is 0 Å². The molecule has 1 aromatic rings. The van der Waals surface area contributed by atoms with Crippen molar-refractivity contribution < 1.29 is 9.53 Å². The van der Waals surface area contributed by atoms with E-state index < -0.39 is 0 Å². The van der Waals surface area contributed by atoms with Gasteiger partial charge in [-0.3, -0.25) is 0 Å². The van der Waals surface area contributed by atoms with Gasteiger partial charge in [0.1, 0.15) is 0 Å². The van der Waals surface area contributed by atoms with Crippen LogP contribution in [-0.4, -0.2) is 13.1 Å². The van der Waals surface area contributed by atoms with Gasteiger partial charge >= 0.3 is 5.97 Å². The van der Waals surface area contributed by atoms with Crippen molar-refractivity contribution in [3.8, 4) is 0 Å². The van der Waals surface area contributed by atoms with E-state index in [4.69, 9.17) is 0 Å². The third-order valence-electron chi connectivity index (χ3n) is 1.80. The second kappa shape index (κ2) is 14.0. The van der Waals surface area contributed by atoms with Crippen molar-refractivity contribution in [3.63, 3.8) is 0 Å². The highest BCUT2D eigenvalue weighted by atomic mass is 79.9. The summed E-state index contributed by atoms with van der Waals surface area (Å²) in [5.74, 6) is -0.339. The van der Waals surface area contributed by atoms with Crippen molar-refractivity contribution in [2.45, 2.75) is 33.0 Å². The molecule has 0 unspecified atom stereocenters. The highest BCUT2D eigenvalue weighted by Crippen LogP contribution is 2.13. The summed E-state index contributed by atoms with van der Waals surface area (Å²) >= 11 is 3.38. The largest absolute Gasteiger partial charge is 0.466 e. The number of benzene rings is 1. The summed E-state index contributed by atoms with van der Waals surface area (Å²) in [4.78, 5) is 10.9. The first-order chi connectivity index (χ1) is 8.77. The molecule has 0 aliphatic carbocycles. The third-order valence-corrected chi connectivity index (χ3v) is 2.40. The van der Waals surface area contributed by atoms with Gasteiger partial charge < -0.3 is 4.74 Å². The molecular formula is C15H23BrO2. The second-order valence-electron chi connectivity index (χ2n) is 2.69. The molecule has 0 radical (unpaired) electrons. The molecule has 0 fully saturated rings. The minimum absolute atomic E-state index is 0.339. The summed E-state index contributed by atoms with van der Waals surface area (Å²) < 4.78 is 4.51. The van der Waals surface area contributed by atoms with Crippen molar-refractivity contribution in [1.82, 2.24) is 0 Å². The predicted molar refractivity (Wildman–Crippen MR) is 82.8 cm³/mol. The van der Waals surface area contributed by atoms with Crippen LogP contribution < -0.4 is 0 Å². The van der Waals surface area contributed by atoms with Crippen molar-refractivity contribution in [2.24, 2.45) is 0 Å². The molecule has 0 N–H and O–H groups in total. The Morgan fingerprint density at radius 3 is 2.28 bits per heavy atom. The summed E-state index contributed by atoms with van der Waals surface area (Å²) in [6, 6.07) is 7.86. The molecule has 0 bridgehead atoms. The van der Waals surface area contributed by atoms with Crippen LogP contribution >= 0.6 is 15.9 Å². The Morgan fingerprint density at radius 2 is 1.78 bits per heavy atom. The Morgan fingerprint density at radius 1 is 1.22 bits per heavy atom. The van der Waals surface area contributed by atoms with Gasteiger partial charge in [0.2, 0.25) is 0 Å². The maximum Gasteiger partial charge on any atom is 0.330 e. The molecule has 0 saturated carbocycles. The number of methoxy groups -OCH3 is 1. The van der Waals surface area contributed by atoms with Crippen LogP contribution in [0.5, 0.6) is 0 Å². The van der Waals surface area contributed by atoms with Crippen molar-refractivity contribution in [3.05, 3.63) is 41.5 Å². The van der Waals surface area contributed by atoms with E-state index in [9.17, 15) is 4.79 Å². The molecule has 2 nitrogen and oxygen atoms in total. The fraction of sp³-hybridized carbons (Fsp3) is 0.400. The van der Waals surface area contributed by atoms with E-state index in [0.717, 1.165) is 16.5 Å². The fourth-order valence-corrected chi connectivity index (χ4v) is 1.55. The number of hydrogen-bond acceptors (Lipinski definition) is 2. The van der Waals surface area contributed by atoms with Gasteiger partial charge in [0.05, 0.1) is 7.11 Å². The lowest BCUT2D eigenvalue weighted by Crippen LogP contribution is -1.93. The predicted octanol–water partition coefficient (Wildman–Crippen LogP) is 4.82. The number of alkyl halides is 1. The van der Waals surface area contributed by atoms with Gasteiger partial charge in [0.15, 0.2) is 0 Å². The number of carbonyl (C=O) groups excluding carboxylic acids is 1. The van der Waals surface area contributed by atoms with Gasteiger partial charge in [0.25, 0.3) is 0 Å². The molecule has 0 aliphatic heterocycles. The average Bonchev–Trinajstić information content (AvgIpc) is 2.49. The molecular weight excluding hydrogens is 292 g/mol. The van der Waals surface area contributed by atoms with Crippen molar-refractivity contribution in [1.29, 1.82) is 0 Å². The van der Waals surface area contributed by atoms with Crippen LogP contribution in [0.2, 0.25) is 0 Å². The summed E-state index contributed by atoms with van der Waals surface area (Å²) in [5.41, 5.74) is 2.17. The SMILES string of the molecule is CC.CC.COC(=O)/C=C/c1ccccc1CBr. The monoisotopic (exact) mass is 314 g/mol. The summed E-state index contributed by atoms with van der Waals surface area (Å²) in [6.07, 6.45) is 3.17. The van der Waals surface area contributed by atoms with E-state index in [1.807, 2.05) is 52.0 Å². The lowest BCUT2D eigenvalue weighted by atomic mass is 10.1. The number of carbonyl (C=O) groups is 1. The molecule has 0 heterocycles. The first kappa shape index (κ1) is 19.3. The van der Waals surface area contributed by atoms with Crippen LogP contribution in [-0.2, 0) is 14.9 Å². The molecule has 0 amide bonds. The molecule has 0 aromatic heterocycles. The Labute approximate surface area is 119 Å². The minimum Gasteiger partial charge on any atom is -0.466 e. The van der Waals surface area contributed by atoms with E-state index in [1.54, 1.807) is 6.08 Å². The highest BCUT2D eigenvalue weighted by molar-refractivity contribution is 9.08. The van der Waals surface area contributed by atoms with E-state index in [0.29, 0.717) is 0 Å². The smallest absolute Gasteiger partial charge is 0.330 e. The van der Waals surface area contributed by atoms with Crippen LogP contribution in [0.3, 0.4) is 0 Å². The summed E-state index contributed by atoms with van der Waals surface area (Å²) in [6.45, 7) is 8.00. The number of halogens is 1. The zero-order chi connectivity index (χ0) is 14.4. The first-order valence-electron chi connectivity index (χ1n) is 6.18. The van der Waals surface area contributed by atoms with E-state index in [2.05, 4.69) is 20.7 Å². The van der Waals surface area contributed by atoms with Crippen LogP contribution in [0, 0.1) is 0 Å². The molecule has 3 heteroatoms. The van der Waals surface area contributed by atoms with Gasteiger partial charge in [-0.25, -0.2) is 4.79 Å². The molecule has 1 aromatic carbocycles. The average molecular weight is 315 g/mol. The van der Waals surface area contributed by atoms with Crippen molar-refractivity contribution >= 4 is 28.0 Å². The van der Waals surface area contributed by atoms with E-state index in [-0.39, 0.29) is 5.97 Å². The summed E-state index contributed by atoms with van der Waals surface area (Å²) in [5, 5.41) is 0.773. The van der Waals surface area contributed by atoms with Crippen LogP contribution in [0.25, 0.3) is 6.08 Å². The Bertz CT molecular complexity index is 346. The van der Waals surface area contributed by atoms with Crippen LogP contribution in [0.4, 0.5) is 0 Å². The number of esters is 1. The van der Waals surface area contributed by atoms with E-state index in [1.165, 1.54) is 13.2 Å². The van der Waals surface area contributed by atoms with Gasteiger partial charge in [0, 0.05) is 11.4 Å². The molecule has 0 saturated heterocycles. The molecule has 0 atom stereocenters. The fourth-order valence-electron chi connectivity index (χ4n) is 1.04. The Balaban J connectivity index is 0. The maximum absolute atomic E-state index is 10.9. The zero-order valence-electron chi connectivity index (χ0n) is 11.9. The van der Waals surface area contributed by atoms with Gasteiger partial charge in [-0.15, -0.1) is 0 Å². The highest BCUT2D eigenvalue weighted by Gasteiger charge is 1.97. The molecule has 1 rings (SSSR count). The topological polar surface area (TPSA) is 26.3 Å². The molecule has 0 spiro atoms. The first-order valence-corrected chi connectivity index (χ1v) is 7.30. The van der Waals surface area contributed by atoms with Crippen molar-refractivity contribution in [2.75, 3.05) is 7.11 Å². The second-order valence-corrected chi connectivity index (χ2v) is 3.25. The Kier molecular flexibility index (Phi) is 14.9. The third kappa shape index (κ3) is 8.07. The quantitative estimate of drug-likeness (QED) is 0.454. The van der Waals surface area contributed by atoms with Crippen LogP contribution in [0.1, 0.15) is 38.8 Å². The zero-order valence-corrected chi connectivity index (χ0v) is 13.5. The minimum atomic E-state index is -0.339. The lowest BCUT2D eigenvalue weighted by molar-refractivity contribution is -0.134. The number of ether oxygens (including phenoxy) is 1. The number of rotatable bonds is 3. The molecule has 18 heavy (non-hydrogen) atoms. The molecule has 102 valence electrons. The Hall–Kier alpha value is -1.09. The summed E-state index contributed by atoms with van der Waals surface area (Å²) in [7, 11) is 1.36. The normalized spacial score (nSPS) is 8.78. The maximum atomic E-state index is 10.9. The molecule has 0 aliphatic rings. The van der Waals surface area contributed by atoms with E-state index >= 15 is 0 Å². The van der Waals surface area contributed by atoms with Gasteiger partial charge in [-0.05, 0) is 17.2 Å².